The Balaban J connectivity index is 2.61. The first kappa shape index (κ1) is 14.6. The highest BCUT2D eigenvalue weighted by atomic mass is 32.2. The fourth-order valence-corrected chi connectivity index (χ4v) is 3.21. The highest BCUT2D eigenvalue weighted by molar-refractivity contribution is 7.89. The Bertz CT molecular complexity index is 723. The van der Waals surface area contributed by atoms with Gasteiger partial charge < -0.3 is 4.74 Å². The van der Waals surface area contributed by atoms with Gasteiger partial charge in [-0.05, 0) is 19.1 Å². The molecule has 0 aromatic heterocycles. The molecule has 0 heterocycles. The van der Waals surface area contributed by atoms with Crippen molar-refractivity contribution in [2.45, 2.75) is 11.8 Å². The Morgan fingerprint density at radius 2 is 1.90 bits per heavy atom. The third-order valence-electron chi connectivity index (χ3n) is 2.85. The minimum Gasteiger partial charge on any atom is -0.493 e. The van der Waals surface area contributed by atoms with Crippen molar-refractivity contribution in [3.63, 3.8) is 0 Å². The molecule has 0 aliphatic rings. The Morgan fingerprint density at radius 1 is 1.20 bits per heavy atom. The average molecular weight is 291 g/mol. The summed E-state index contributed by atoms with van der Waals surface area (Å²) in [5.74, 6) is 0.686. The lowest BCUT2D eigenvalue weighted by molar-refractivity contribution is 0.344. The number of ether oxygens (including phenoxy) is 1. The molecule has 0 saturated carbocycles. The summed E-state index contributed by atoms with van der Waals surface area (Å²) in [5.41, 5.74) is 0. The Morgan fingerprint density at radius 3 is 2.55 bits per heavy atom. The molecule has 1 N–H and O–H groups in total. The summed E-state index contributed by atoms with van der Waals surface area (Å²) in [7, 11) is -3.56. The highest BCUT2D eigenvalue weighted by Gasteiger charge is 2.17. The van der Waals surface area contributed by atoms with E-state index >= 15 is 0 Å². The molecule has 5 heteroatoms. The standard InChI is InChI=1S/C15H17NO3S/c1-3-11-16-20(17,18)15-10-9-14(19-4-2)12-7-5-6-8-13(12)15/h3,5-10,16H,1,4,11H2,2H3. The molecule has 0 radical (unpaired) electrons. The molecule has 0 unspecified atom stereocenters. The summed E-state index contributed by atoms with van der Waals surface area (Å²) in [6.45, 7) is 6.14. The van der Waals surface area contributed by atoms with Crippen molar-refractivity contribution in [2.24, 2.45) is 0 Å². The van der Waals surface area contributed by atoms with Crippen LogP contribution < -0.4 is 9.46 Å². The molecule has 0 aliphatic heterocycles. The van der Waals surface area contributed by atoms with Gasteiger partial charge in [-0.3, -0.25) is 0 Å². The van der Waals surface area contributed by atoms with E-state index in [0.717, 1.165) is 5.39 Å². The second-order valence-corrected chi connectivity index (χ2v) is 5.92. The van der Waals surface area contributed by atoms with E-state index in [2.05, 4.69) is 11.3 Å². The van der Waals surface area contributed by atoms with Gasteiger partial charge in [-0.1, -0.05) is 30.3 Å². The van der Waals surface area contributed by atoms with Crippen molar-refractivity contribution >= 4 is 20.8 Å². The molecule has 2 rings (SSSR count). The van der Waals surface area contributed by atoms with Crippen LogP contribution in [0.25, 0.3) is 10.8 Å². The van der Waals surface area contributed by atoms with Crippen LogP contribution in [0.1, 0.15) is 6.92 Å². The monoisotopic (exact) mass is 291 g/mol. The Hall–Kier alpha value is -1.85. The lowest BCUT2D eigenvalue weighted by atomic mass is 10.1. The second-order valence-electron chi connectivity index (χ2n) is 4.18. The molecule has 0 amide bonds. The minimum absolute atomic E-state index is 0.198. The molecule has 2 aromatic rings. The van der Waals surface area contributed by atoms with Crippen molar-refractivity contribution in [2.75, 3.05) is 13.2 Å². The molecule has 4 nitrogen and oxygen atoms in total. The van der Waals surface area contributed by atoms with E-state index in [4.69, 9.17) is 4.74 Å². The third-order valence-corrected chi connectivity index (χ3v) is 4.33. The lowest BCUT2D eigenvalue weighted by Crippen LogP contribution is -2.23. The van der Waals surface area contributed by atoms with Gasteiger partial charge in [0.2, 0.25) is 10.0 Å². The number of rotatable bonds is 6. The van der Waals surface area contributed by atoms with E-state index in [0.29, 0.717) is 17.7 Å². The van der Waals surface area contributed by atoms with Crippen molar-refractivity contribution in [3.05, 3.63) is 49.1 Å². The van der Waals surface area contributed by atoms with E-state index < -0.39 is 10.0 Å². The topological polar surface area (TPSA) is 55.4 Å². The first-order valence-electron chi connectivity index (χ1n) is 6.35. The molecule has 0 saturated heterocycles. The fraction of sp³-hybridized carbons (Fsp3) is 0.200. The first-order chi connectivity index (χ1) is 9.60. The summed E-state index contributed by atoms with van der Waals surface area (Å²) >= 11 is 0. The average Bonchev–Trinajstić information content (AvgIpc) is 2.45. The quantitative estimate of drug-likeness (QED) is 0.833. The molecule has 0 spiro atoms. The summed E-state index contributed by atoms with van der Waals surface area (Å²) in [5, 5.41) is 1.44. The van der Waals surface area contributed by atoms with Crippen LogP contribution in [0.4, 0.5) is 0 Å². The number of hydrogen-bond donors (Lipinski definition) is 1. The smallest absolute Gasteiger partial charge is 0.241 e. The van der Waals surface area contributed by atoms with Crippen LogP contribution in [0.2, 0.25) is 0 Å². The normalized spacial score (nSPS) is 11.4. The van der Waals surface area contributed by atoms with Gasteiger partial charge in [0.15, 0.2) is 0 Å². The van der Waals surface area contributed by atoms with E-state index in [1.165, 1.54) is 6.08 Å². The summed E-state index contributed by atoms with van der Waals surface area (Å²) in [4.78, 5) is 0.249. The maximum atomic E-state index is 12.3. The molecule has 106 valence electrons. The van der Waals surface area contributed by atoms with Crippen molar-refractivity contribution in [1.29, 1.82) is 0 Å². The molecule has 0 fully saturated rings. The number of fused-ring (bicyclic) bond motifs is 1. The van der Waals surface area contributed by atoms with Crippen LogP contribution >= 0.6 is 0 Å². The van der Waals surface area contributed by atoms with Gasteiger partial charge >= 0.3 is 0 Å². The van der Waals surface area contributed by atoms with Crippen molar-refractivity contribution in [1.82, 2.24) is 4.72 Å². The van der Waals surface area contributed by atoms with E-state index in [1.54, 1.807) is 18.2 Å². The minimum atomic E-state index is -3.56. The van der Waals surface area contributed by atoms with Gasteiger partial charge in [0.05, 0.1) is 11.5 Å². The molecule has 2 aromatic carbocycles. The summed E-state index contributed by atoms with van der Waals surface area (Å²) < 4.78 is 32.6. The summed E-state index contributed by atoms with van der Waals surface area (Å²) in [6.07, 6.45) is 1.51. The fourth-order valence-electron chi connectivity index (χ4n) is 2.01. The Kier molecular flexibility index (Phi) is 4.42. The number of sulfonamides is 1. The van der Waals surface area contributed by atoms with E-state index in [9.17, 15) is 8.42 Å². The van der Waals surface area contributed by atoms with Gasteiger partial charge in [-0.25, -0.2) is 13.1 Å². The Labute approximate surface area is 119 Å². The van der Waals surface area contributed by atoms with Crippen LogP contribution in [0.3, 0.4) is 0 Å². The predicted molar refractivity (Wildman–Crippen MR) is 80.5 cm³/mol. The van der Waals surface area contributed by atoms with Gasteiger partial charge in [0.1, 0.15) is 5.75 Å². The zero-order chi connectivity index (χ0) is 14.6. The number of benzene rings is 2. The van der Waals surface area contributed by atoms with Crippen molar-refractivity contribution in [3.8, 4) is 5.75 Å². The van der Waals surface area contributed by atoms with E-state index in [-0.39, 0.29) is 11.4 Å². The van der Waals surface area contributed by atoms with Crippen LogP contribution in [-0.2, 0) is 10.0 Å². The molecule has 0 bridgehead atoms. The second kappa shape index (κ2) is 6.07. The number of nitrogens with one attached hydrogen (secondary N) is 1. The highest BCUT2D eigenvalue weighted by Crippen LogP contribution is 2.30. The van der Waals surface area contributed by atoms with Gasteiger partial charge in [-0.15, -0.1) is 6.58 Å². The third kappa shape index (κ3) is 2.84. The summed E-state index contributed by atoms with van der Waals surface area (Å²) in [6, 6.07) is 10.6. The SMILES string of the molecule is C=CCNS(=O)(=O)c1ccc(OCC)c2ccccc12. The van der Waals surface area contributed by atoms with Crippen molar-refractivity contribution < 1.29 is 13.2 Å². The van der Waals surface area contributed by atoms with Crippen LogP contribution in [0.15, 0.2) is 53.9 Å². The predicted octanol–water partition coefficient (Wildman–Crippen LogP) is 2.70. The maximum Gasteiger partial charge on any atom is 0.241 e. The molecule has 20 heavy (non-hydrogen) atoms. The van der Waals surface area contributed by atoms with Gasteiger partial charge in [0.25, 0.3) is 0 Å². The zero-order valence-corrected chi connectivity index (χ0v) is 12.1. The molecule has 0 aliphatic carbocycles. The number of hydrogen-bond acceptors (Lipinski definition) is 3. The maximum absolute atomic E-state index is 12.3. The van der Waals surface area contributed by atoms with Crippen LogP contribution in [0, 0.1) is 0 Å². The lowest BCUT2D eigenvalue weighted by Gasteiger charge is -2.12. The molecule has 0 atom stereocenters. The van der Waals surface area contributed by atoms with E-state index in [1.807, 2.05) is 25.1 Å². The van der Waals surface area contributed by atoms with Gasteiger partial charge in [-0.2, -0.15) is 0 Å². The van der Waals surface area contributed by atoms with Crippen LogP contribution in [0.5, 0.6) is 5.75 Å². The first-order valence-corrected chi connectivity index (χ1v) is 7.83. The van der Waals surface area contributed by atoms with Gasteiger partial charge in [0, 0.05) is 17.3 Å². The van der Waals surface area contributed by atoms with Crippen LogP contribution in [-0.4, -0.2) is 21.6 Å². The molecular weight excluding hydrogens is 274 g/mol. The zero-order valence-electron chi connectivity index (χ0n) is 11.3. The molecular formula is C15H17NO3S. The largest absolute Gasteiger partial charge is 0.493 e.